The summed E-state index contributed by atoms with van der Waals surface area (Å²) in [6, 6.07) is 16.9. The van der Waals surface area contributed by atoms with Crippen molar-refractivity contribution in [2.75, 3.05) is 11.9 Å². The summed E-state index contributed by atoms with van der Waals surface area (Å²) in [5.74, 6) is -0.0196. The lowest BCUT2D eigenvalue weighted by Gasteiger charge is -2.12. The molecule has 0 aliphatic rings. The Hall–Kier alpha value is -2.38. The number of aromatic nitrogens is 2. The third kappa shape index (κ3) is 5.08. The highest BCUT2D eigenvalue weighted by atomic mass is 79.9. The van der Waals surface area contributed by atoms with E-state index in [2.05, 4.69) is 26.1 Å². The fourth-order valence-corrected chi connectivity index (χ4v) is 3.60. The number of Topliss-reactive ketones (excluding diaryl/α,β-unsaturated/α-hetero) is 1. The van der Waals surface area contributed by atoms with E-state index in [1.54, 1.807) is 19.2 Å². The first-order chi connectivity index (χ1) is 13.0. The van der Waals surface area contributed by atoms with E-state index in [1.165, 1.54) is 16.2 Å². The topological polar surface area (TPSA) is 63.2 Å². The molecule has 0 fully saturated rings. The monoisotopic (exact) mass is 443 g/mol. The number of amides is 1. The first-order valence-electron chi connectivity index (χ1n) is 8.49. The minimum Gasteiger partial charge on any atom is -0.294 e. The first kappa shape index (κ1) is 19.4. The number of hydrogen-bond donors (Lipinski definition) is 0. The molecule has 3 rings (SSSR count). The van der Waals surface area contributed by atoms with E-state index < -0.39 is 0 Å². The van der Waals surface area contributed by atoms with Gasteiger partial charge < -0.3 is 0 Å². The molecule has 0 aliphatic carbocycles. The van der Waals surface area contributed by atoms with Crippen molar-refractivity contribution in [2.24, 2.45) is 0 Å². The van der Waals surface area contributed by atoms with Gasteiger partial charge in [0.2, 0.25) is 11.0 Å². The van der Waals surface area contributed by atoms with E-state index in [1.807, 2.05) is 42.5 Å². The molecule has 0 saturated carbocycles. The number of carbonyl (C=O) groups is 2. The smallest absolute Gasteiger partial charge is 0.228 e. The fourth-order valence-electron chi connectivity index (χ4n) is 2.50. The Balaban J connectivity index is 1.54. The van der Waals surface area contributed by atoms with Crippen LogP contribution in [0.15, 0.2) is 59.1 Å². The summed E-state index contributed by atoms with van der Waals surface area (Å²) < 4.78 is 0.994. The van der Waals surface area contributed by atoms with Crippen molar-refractivity contribution in [2.45, 2.75) is 19.3 Å². The lowest BCUT2D eigenvalue weighted by molar-refractivity contribution is -0.118. The summed E-state index contributed by atoms with van der Waals surface area (Å²) in [5.41, 5.74) is 1.64. The van der Waals surface area contributed by atoms with E-state index >= 15 is 0 Å². The summed E-state index contributed by atoms with van der Waals surface area (Å²) in [6.07, 6.45) is 1.15. The number of hydrogen-bond acceptors (Lipinski definition) is 5. The average molecular weight is 444 g/mol. The second kappa shape index (κ2) is 9.01. The van der Waals surface area contributed by atoms with Gasteiger partial charge in [-0.3, -0.25) is 14.5 Å². The van der Waals surface area contributed by atoms with Crippen molar-refractivity contribution in [3.63, 3.8) is 0 Å². The van der Waals surface area contributed by atoms with Gasteiger partial charge in [-0.2, -0.15) is 0 Å². The van der Waals surface area contributed by atoms with Crippen LogP contribution in [-0.4, -0.2) is 28.9 Å². The van der Waals surface area contributed by atoms with Crippen LogP contribution in [-0.2, 0) is 4.79 Å². The molecular weight excluding hydrogens is 426 g/mol. The highest BCUT2D eigenvalue weighted by Gasteiger charge is 2.17. The van der Waals surface area contributed by atoms with Crippen LogP contribution in [0.1, 0.15) is 29.6 Å². The van der Waals surface area contributed by atoms with Crippen LogP contribution in [0.2, 0.25) is 0 Å². The summed E-state index contributed by atoms with van der Waals surface area (Å²) in [4.78, 5) is 26.0. The molecule has 3 aromatic rings. The Morgan fingerprint density at radius 3 is 2.41 bits per heavy atom. The first-order valence-corrected chi connectivity index (χ1v) is 10.1. The molecule has 27 heavy (non-hydrogen) atoms. The van der Waals surface area contributed by atoms with E-state index in [9.17, 15) is 9.59 Å². The highest BCUT2D eigenvalue weighted by molar-refractivity contribution is 9.10. The molecule has 0 aliphatic heterocycles. The minimum atomic E-state index is -0.0747. The Bertz CT molecular complexity index is 926. The van der Waals surface area contributed by atoms with Crippen LogP contribution in [0, 0.1) is 0 Å². The van der Waals surface area contributed by atoms with Crippen LogP contribution in [0.5, 0.6) is 0 Å². The van der Waals surface area contributed by atoms with Gasteiger partial charge in [-0.1, -0.05) is 69.7 Å². The SMILES string of the molecule is CN(C(=O)CCCC(=O)c1ccccc1)c1nnc(-c2ccc(Br)cc2)s1. The lowest BCUT2D eigenvalue weighted by Crippen LogP contribution is -2.25. The van der Waals surface area contributed by atoms with E-state index in [0.717, 1.165) is 15.0 Å². The largest absolute Gasteiger partial charge is 0.294 e. The van der Waals surface area contributed by atoms with Crippen molar-refractivity contribution in [3.05, 3.63) is 64.6 Å². The molecule has 0 saturated heterocycles. The molecular formula is C20H18BrN3O2S. The summed E-state index contributed by atoms with van der Waals surface area (Å²) in [5, 5.41) is 9.60. The molecule has 0 radical (unpaired) electrons. The van der Waals surface area contributed by atoms with Gasteiger partial charge >= 0.3 is 0 Å². The molecule has 7 heteroatoms. The molecule has 2 aromatic carbocycles. The number of anilines is 1. The molecule has 0 spiro atoms. The van der Waals surface area contributed by atoms with E-state index in [-0.39, 0.29) is 11.7 Å². The van der Waals surface area contributed by atoms with Gasteiger partial charge in [0.25, 0.3) is 0 Å². The van der Waals surface area contributed by atoms with Crippen LogP contribution in [0.25, 0.3) is 10.6 Å². The zero-order valence-electron chi connectivity index (χ0n) is 14.8. The van der Waals surface area contributed by atoms with Crippen LogP contribution >= 0.6 is 27.3 Å². The molecule has 0 N–H and O–H groups in total. The number of nitrogens with zero attached hydrogens (tertiary/aromatic N) is 3. The third-order valence-corrected chi connectivity index (χ3v) is 5.63. The number of carbonyl (C=O) groups excluding carboxylic acids is 2. The maximum Gasteiger partial charge on any atom is 0.228 e. The van der Waals surface area contributed by atoms with Crippen LogP contribution in [0.3, 0.4) is 0 Å². The summed E-state index contributed by atoms with van der Waals surface area (Å²) in [6.45, 7) is 0. The minimum absolute atomic E-state index is 0.0551. The fraction of sp³-hybridized carbons (Fsp3) is 0.200. The zero-order valence-corrected chi connectivity index (χ0v) is 17.2. The van der Waals surface area contributed by atoms with Crippen LogP contribution < -0.4 is 4.90 Å². The van der Waals surface area contributed by atoms with Gasteiger partial charge in [0, 0.05) is 35.5 Å². The van der Waals surface area contributed by atoms with Crippen molar-refractivity contribution in [1.82, 2.24) is 10.2 Å². The molecule has 1 heterocycles. The lowest BCUT2D eigenvalue weighted by atomic mass is 10.1. The number of rotatable bonds is 7. The maximum atomic E-state index is 12.4. The molecule has 1 aromatic heterocycles. The van der Waals surface area contributed by atoms with Crippen LogP contribution in [0.4, 0.5) is 5.13 Å². The molecule has 138 valence electrons. The van der Waals surface area contributed by atoms with Gasteiger partial charge in [0.1, 0.15) is 5.01 Å². The molecule has 0 bridgehead atoms. The maximum absolute atomic E-state index is 12.4. The summed E-state index contributed by atoms with van der Waals surface area (Å²) in [7, 11) is 1.69. The standard InChI is InChI=1S/C20H18BrN3O2S/c1-24(18(26)9-5-8-17(25)14-6-3-2-4-7-14)20-23-22-19(27-20)15-10-12-16(21)13-11-15/h2-4,6-7,10-13H,5,8-9H2,1H3. The van der Waals surface area contributed by atoms with Gasteiger partial charge in [0.05, 0.1) is 0 Å². The van der Waals surface area contributed by atoms with Crippen molar-refractivity contribution >= 4 is 44.1 Å². The quantitative estimate of drug-likeness (QED) is 0.482. The zero-order chi connectivity index (χ0) is 19.2. The van der Waals surface area contributed by atoms with E-state index in [0.29, 0.717) is 30.0 Å². The second-order valence-electron chi connectivity index (χ2n) is 5.99. The predicted molar refractivity (Wildman–Crippen MR) is 111 cm³/mol. The van der Waals surface area contributed by atoms with Gasteiger partial charge in [-0.15, -0.1) is 10.2 Å². The Morgan fingerprint density at radius 2 is 1.70 bits per heavy atom. The second-order valence-corrected chi connectivity index (χ2v) is 7.86. The number of benzene rings is 2. The molecule has 1 amide bonds. The van der Waals surface area contributed by atoms with Crippen molar-refractivity contribution < 1.29 is 9.59 Å². The van der Waals surface area contributed by atoms with Gasteiger partial charge in [-0.25, -0.2) is 0 Å². The predicted octanol–water partition coefficient (Wildman–Crippen LogP) is 4.98. The molecule has 0 atom stereocenters. The van der Waals surface area contributed by atoms with Gasteiger partial charge in [-0.05, 0) is 18.6 Å². The average Bonchev–Trinajstić information content (AvgIpc) is 3.18. The number of halogens is 1. The molecule has 0 unspecified atom stereocenters. The van der Waals surface area contributed by atoms with Crippen molar-refractivity contribution in [3.8, 4) is 10.6 Å². The Labute approximate surface area is 170 Å². The van der Waals surface area contributed by atoms with E-state index in [4.69, 9.17) is 0 Å². The Kier molecular flexibility index (Phi) is 6.47. The van der Waals surface area contributed by atoms with Gasteiger partial charge in [0.15, 0.2) is 5.78 Å². The normalized spacial score (nSPS) is 10.6. The number of ketones is 1. The third-order valence-electron chi connectivity index (χ3n) is 4.06. The summed E-state index contributed by atoms with van der Waals surface area (Å²) >= 11 is 4.77. The van der Waals surface area contributed by atoms with Crippen molar-refractivity contribution in [1.29, 1.82) is 0 Å². The highest BCUT2D eigenvalue weighted by Crippen LogP contribution is 2.29. The Morgan fingerprint density at radius 1 is 1.00 bits per heavy atom. The molecule has 5 nitrogen and oxygen atoms in total.